The molecule has 0 saturated heterocycles. The van der Waals surface area contributed by atoms with Crippen LogP contribution in [0, 0.1) is 6.92 Å². The molecule has 24 heavy (non-hydrogen) atoms. The molecule has 3 rings (SSSR count). The van der Waals surface area contributed by atoms with Crippen molar-refractivity contribution in [3.8, 4) is 11.3 Å². The minimum atomic E-state index is -0.399. The van der Waals surface area contributed by atoms with E-state index < -0.39 is 11.5 Å². The molecule has 1 amide bonds. The first-order valence-corrected chi connectivity index (χ1v) is 7.74. The molecule has 2 aromatic heterocycles. The fourth-order valence-corrected chi connectivity index (χ4v) is 2.48. The highest BCUT2D eigenvalue weighted by molar-refractivity contribution is 5.94. The number of furan rings is 1. The smallest absolute Gasteiger partial charge is 0.261 e. The first-order chi connectivity index (χ1) is 11.6. The Morgan fingerprint density at radius 3 is 2.75 bits per heavy atom. The molecule has 0 unspecified atom stereocenters. The van der Waals surface area contributed by atoms with Crippen molar-refractivity contribution in [1.82, 2.24) is 10.3 Å². The molecule has 0 aliphatic carbocycles. The number of nitrogens with one attached hydrogen (secondary N) is 2. The molecule has 0 radical (unpaired) electrons. The van der Waals surface area contributed by atoms with Crippen LogP contribution in [0.3, 0.4) is 0 Å². The van der Waals surface area contributed by atoms with Gasteiger partial charge in [-0.15, -0.1) is 0 Å². The molecular formula is C19H18N2O3. The van der Waals surface area contributed by atoms with E-state index in [-0.39, 0.29) is 5.56 Å². The summed E-state index contributed by atoms with van der Waals surface area (Å²) in [5.74, 6) is 0.401. The van der Waals surface area contributed by atoms with E-state index in [9.17, 15) is 9.59 Å². The molecule has 0 bridgehead atoms. The number of rotatable bonds is 5. The minimum absolute atomic E-state index is 0.103. The van der Waals surface area contributed by atoms with Gasteiger partial charge in [-0.25, -0.2) is 0 Å². The number of carbonyl (C=O) groups is 1. The number of aromatic amines is 1. The summed E-state index contributed by atoms with van der Waals surface area (Å²) in [5, 5.41) is 2.73. The molecule has 5 heteroatoms. The number of hydrogen-bond acceptors (Lipinski definition) is 3. The van der Waals surface area contributed by atoms with Crippen molar-refractivity contribution < 1.29 is 9.21 Å². The number of pyridine rings is 1. The molecule has 122 valence electrons. The van der Waals surface area contributed by atoms with E-state index in [1.807, 2.05) is 37.3 Å². The lowest BCUT2D eigenvalue weighted by Gasteiger charge is -2.06. The lowest BCUT2D eigenvalue weighted by molar-refractivity contribution is 0.0952. The molecule has 2 heterocycles. The zero-order valence-electron chi connectivity index (χ0n) is 13.3. The second-order valence-corrected chi connectivity index (χ2v) is 5.57. The average Bonchev–Trinajstić information content (AvgIpc) is 3.08. The summed E-state index contributed by atoms with van der Waals surface area (Å²) in [5.41, 5.74) is 2.41. The Hall–Kier alpha value is -3.08. The Balaban J connectivity index is 1.70. The molecule has 0 aliphatic rings. The molecule has 0 saturated carbocycles. The SMILES string of the molecule is Cc1cccc(-c2ccc(C(=O)NCCc3ccco3)c(=O)[nH]2)c1. The number of aryl methyl sites for hydroxylation is 1. The highest BCUT2D eigenvalue weighted by atomic mass is 16.3. The summed E-state index contributed by atoms with van der Waals surface area (Å²) in [4.78, 5) is 27.1. The third-order valence-corrected chi connectivity index (χ3v) is 3.72. The van der Waals surface area contributed by atoms with Crippen LogP contribution in [0.2, 0.25) is 0 Å². The number of amides is 1. The largest absolute Gasteiger partial charge is 0.469 e. The minimum Gasteiger partial charge on any atom is -0.469 e. The van der Waals surface area contributed by atoms with Gasteiger partial charge >= 0.3 is 0 Å². The highest BCUT2D eigenvalue weighted by Gasteiger charge is 2.11. The lowest BCUT2D eigenvalue weighted by atomic mass is 10.1. The fraction of sp³-hybridized carbons (Fsp3) is 0.158. The van der Waals surface area contributed by atoms with Gasteiger partial charge in [0, 0.05) is 18.7 Å². The molecule has 0 atom stereocenters. The van der Waals surface area contributed by atoms with Gasteiger partial charge in [0.05, 0.1) is 6.26 Å². The van der Waals surface area contributed by atoms with Gasteiger partial charge in [-0.05, 0) is 42.8 Å². The Morgan fingerprint density at radius 1 is 1.17 bits per heavy atom. The molecule has 0 aliphatic heterocycles. The van der Waals surface area contributed by atoms with Crippen molar-refractivity contribution in [1.29, 1.82) is 0 Å². The van der Waals surface area contributed by atoms with Crippen molar-refractivity contribution in [3.63, 3.8) is 0 Å². The molecule has 0 fully saturated rings. The zero-order valence-corrected chi connectivity index (χ0v) is 13.3. The topological polar surface area (TPSA) is 75.1 Å². The third kappa shape index (κ3) is 3.63. The van der Waals surface area contributed by atoms with Crippen molar-refractivity contribution in [3.05, 3.63) is 82.0 Å². The summed E-state index contributed by atoms with van der Waals surface area (Å²) in [6, 6.07) is 14.8. The van der Waals surface area contributed by atoms with Crippen molar-refractivity contribution >= 4 is 5.91 Å². The van der Waals surface area contributed by atoms with Gasteiger partial charge in [0.25, 0.3) is 11.5 Å². The quantitative estimate of drug-likeness (QED) is 0.758. The van der Waals surface area contributed by atoms with Gasteiger partial charge in [0.2, 0.25) is 0 Å². The standard InChI is InChI=1S/C19H18N2O3/c1-13-4-2-5-14(12-13)17-8-7-16(19(23)21-17)18(22)20-10-9-15-6-3-11-24-15/h2-8,11-12H,9-10H2,1H3,(H,20,22)(H,21,23). The van der Waals surface area contributed by atoms with Crippen molar-refractivity contribution in [2.24, 2.45) is 0 Å². The third-order valence-electron chi connectivity index (χ3n) is 3.72. The molecule has 2 N–H and O–H groups in total. The summed E-state index contributed by atoms with van der Waals surface area (Å²) >= 11 is 0. The van der Waals surface area contributed by atoms with Gasteiger partial charge in [-0.3, -0.25) is 9.59 Å². The van der Waals surface area contributed by atoms with Crippen LogP contribution < -0.4 is 10.9 Å². The van der Waals surface area contributed by atoms with Crippen LogP contribution in [0.25, 0.3) is 11.3 Å². The van der Waals surface area contributed by atoms with E-state index in [1.54, 1.807) is 24.5 Å². The first-order valence-electron chi connectivity index (χ1n) is 7.74. The average molecular weight is 322 g/mol. The second kappa shape index (κ2) is 7.00. The summed E-state index contributed by atoms with van der Waals surface area (Å²) in [6.07, 6.45) is 2.17. The second-order valence-electron chi connectivity index (χ2n) is 5.57. The van der Waals surface area contributed by atoms with Gasteiger partial charge in [-0.1, -0.05) is 23.8 Å². The maximum atomic E-state index is 12.2. The summed E-state index contributed by atoms with van der Waals surface area (Å²) in [6.45, 7) is 2.40. The van der Waals surface area contributed by atoms with Crippen LogP contribution in [0.1, 0.15) is 21.7 Å². The van der Waals surface area contributed by atoms with E-state index >= 15 is 0 Å². The number of benzene rings is 1. The molecule has 5 nitrogen and oxygen atoms in total. The van der Waals surface area contributed by atoms with Gasteiger partial charge in [0.1, 0.15) is 11.3 Å². The normalized spacial score (nSPS) is 10.5. The zero-order chi connectivity index (χ0) is 16.9. The number of carbonyl (C=O) groups excluding carboxylic acids is 1. The maximum absolute atomic E-state index is 12.2. The Labute approximate surface area is 139 Å². The van der Waals surface area contributed by atoms with E-state index in [0.717, 1.165) is 16.9 Å². The Bertz CT molecular complexity index is 895. The van der Waals surface area contributed by atoms with E-state index in [0.29, 0.717) is 18.7 Å². The predicted molar refractivity (Wildman–Crippen MR) is 92.0 cm³/mol. The molecule has 3 aromatic rings. The fourth-order valence-electron chi connectivity index (χ4n) is 2.48. The highest BCUT2D eigenvalue weighted by Crippen LogP contribution is 2.16. The molecule has 0 spiro atoms. The van der Waals surface area contributed by atoms with Crippen molar-refractivity contribution in [2.45, 2.75) is 13.3 Å². The maximum Gasteiger partial charge on any atom is 0.261 e. The Morgan fingerprint density at radius 2 is 2.04 bits per heavy atom. The van der Waals surface area contributed by atoms with Crippen LogP contribution in [0.4, 0.5) is 0 Å². The van der Waals surface area contributed by atoms with Gasteiger partial charge < -0.3 is 14.7 Å². The summed E-state index contributed by atoms with van der Waals surface area (Å²) in [7, 11) is 0. The monoisotopic (exact) mass is 322 g/mol. The molecular weight excluding hydrogens is 304 g/mol. The van der Waals surface area contributed by atoms with Crippen LogP contribution >= 0.6 is 0 Å². The van der Waals surface area contributed by atoms with Crippen LogP contribution in [-0.2, 0) is 6.42 Å². The predicted octanol–water partition coefficient (Wildman–Crippen LogP) is 2.92. The number of hydrogen-bond donors (Lipinski definition) is 2. The summed E-state index contributed by atoms with van der Waals surface area (Å²) < 4.78 is 5.20. The van der Waals surface area contributed by atoms with Crippen LogP contribution in [0.5, 0.6) is 0 Å². The Kier molecular flexibility index (Phi) is 4.61. The van der Waals surface area contributed by atoms with Crippen molar-refractivity contribution in [2.75, 3.05) is 6.54 Å². The first kappa shape index (κ1) is 15.8. The van der Waals surface area contributed by atoms with E-state index in [2.05, 4.69) is 10.3 Å². The molecule has 1 aromatic carbocycles. The van der Waals surface area contributed by atoms with Gasteiger partial charge in [0.15, 0.2) is 0 Å². The number of H-pyrrole nitrogens is 1. The van der Waals surface area contributed by atoms with E-state index in [1.165, 1.54) is 0 Å². The lowest BCUT2D eigenvalue weighted by Crippen LogP contribution is -2.31. The number of aromatic nitrogens is 1. The van der Waals surface area contributed by atoms with Gasteiger partial charge in [-0.2, -0.15) is 0 Å². The van der Waals surface area contributed by atoms with Crippen LogP contribution in [0.15, 0.2) is 64.0 Å². The van der Waals surface area contributed by atoms with E-state index in [4.69, 9.17) is 4.42 Å². The van der Waals surface area contributed by atoms with Crippen LogP contribution in [-0.4, -0.2) is 17.4 Å².